The van der Waals surface area contributed by atoms with Crippen molar-refractivity contribution in [2.75, 3.05) is 6.61 Å². The third-order valence-electron chi connectivity index (χ3n) is 5.19. The molecule has 0 spiro atoms. The molecule has 1 aliphatic heterocycles. The Morgan fingerprint density at radius 3 is 2.79 bits per heavy atom. The summed E-state index contributed by atoms with van der Waals surface area (Å²) in [6.45, 7) is 6.34. The zero-order valence-corrected chi connectivity index (χ0v) is 16.1. The molecule has 1 aromatic carbocycles. The molecule has 0 bridgehead atoms. The molecule has 1 N–H and O–H groups in total. The number of hydrogen-bond acceptors (Lipinski definition) is 6. The first-order valence-corrected chi connectivity index (χ1v) is 9.36. The Bertz CT molecular complexity index is 952. The number of carbonyl (C=O) groups excluding carboxylic acids is 1. The molecule has 3 aromatic rings. The van der Waals surface area contributed by atoms with E-state index >= 15 is 0 Å². The summed E-state index contributed by atoms with van der Waals surface area (Å²) in [5.74, 6) is 0.0827. The van der Waals surface area contributed by atoms with Gasteiger partial charge in [0.15, 0.2) is 5.82 Å². The van der Waals surface area contributed by atoms with Gasteiger partial charge in [-0.25, -0.2) is 4.68 Å². The monoisotopic (exact) mass is 381 g/mol. The highest BCUT2D eigenvalue weighted by molar-refractivity contribution is 5.80. The molecule has 0 unspecified atom stereocenters. The van der Waals surface area contributed by atoms with Crippen LogP contribution in [0.1, 0.15) is 48.3 Å². The van der Waals surface area contributed by atoms with Crippen molar-refractivity contribution >= 4 is 5.91 Å². The first-order chi connectivity index (χ1) is 13.6. The van der Waals surface area contributed by atoms with Crippen LogP contribution in [0.4, 0.5) is 0 Å². The highest BCUT2D eigenvalue weighted by Gasteiger charge is 2.39. The number of amides is 1. The molecule has 4 rings (SSSR count). The van der Waals surface area contributed by atoms with Gasteiger partial charge in [-0.3, -0.25) is 4.79 Å². The van der Waals surface area contributed by atoms with Crippen molar-refractivity contribution < 1.29 is 14.1 Å². The third kappa shape index (κ3) is 3.31. The Balaban J connectivity index is 1.58. The summed E-state index contributed by atoms with van der Waals surface area (Å²) in [5.41, 5.74) is 3.82. The summed E-state index contributed by atoms with van der Waals surface area (Å²) in [4.78, 5) is 16.9. The van der Waals surface area contributed by atoms with Crippen LogP contribution in [0.3, 0.4) is 0 Å². The Hall–Kier alpha value is -3.00. The van der Waals surface area contributed by atoms with Crippen LogP contribution in [0.2, 0.25) is 0 Å². The Morgan fingerprint density at radius 2 is 2.07 bits per heavy atom. The maximum Gasteiger partial charge on any atom is 0.226 e. The molecule has 1 amide bonds. The summed E-state index contributed by atoms with van der Waals surface area (Å²) in [5, 5.41) is 11.5. The average Bonchev–Trinajstić information content (AvgIpc) is 3.43. The maximum absolute atomic E-state index is 12.9. The minimum Gasteiger partial charge on any atom is -0.373 e. The van der Waals surface area contributed by atoms with Gasteiger partial charge in [0.25, 0.3) is 0 Å². The van der Waals surface area contributed by atoms with Gasteiger partial charge in [0.2, 0.25) is 12.3 Å². The van der Waals surface area contributed by atoms with E-state index < -0.39 is 0 Å². The second-order valence-electron chi connectivity index (χ2n) is 7.04. The van der Waals surface area contributed by atoms with Gasteiger partial charge in [-0.1, -0.05) is 23.4 Å². The van der Waals surface area contributed by atoms with Gasteiger partial charge in [0.05, 0.1) is 29.4 Å². The van der Waals surface area contributed by atoms with Crippen molar-refractivity contribution in [1.29, 1.82) is 0 Å². The standard InChI is InChI=1S/C20H23N5O3/c1-12-17(14(3)25(23-12)15-7-5-4-6-8-15)18-16(9-10-27-18)20(26)22-13(2)19-21-11-28-24-19/h4-8,11,13,16,18H,9-10H2,1-3H3,(H,22,26)/t13-,16-,18-/m0/s1. The van der Waals surface area contributed by atoms with Crippen molar-refractivity contribution in [2.24, 2.45) is 5.92 Å². The highest BCUT2D eigenvalue weighted by Crippen LogP contribution is 2.38. The average molecular weight is 381 g/mol. The zero-order valence-electron chi connectivity index (χ0n) is 16.1. The number of nitrogens with one attached hydrogen (secondary N) is 1. The lowest BCUT2D eigenvalue weighted by atomic mass is 9.93. The fourth-order valence-electron chi connectivity index (χ4n) is 3.78. The lowest BCUT2D eigenvalue weighted by molar-refractivity contribution is -0.127. The van der Waals surface area contributed by atoms with Crippen LogP contribution in [-0.2, 0) is 9.53 Å². The molecular formula is C20H23N5O3. The van der Waals surface area contributed by atoms with E-state index in [9.17, 15) is 4.79 Å². The molecular weight excluding hydrogens is 358 g/mol. The van der Waals surface area contributed by atoms with Gasteiger partial charge in [-0.15, -0.1) is 0 Å². The van der Waals surface area contributed by atoms with E-state index in [0.717, 1.165) is 22.6 Å². The molecule has 1 aliphatic rings. The Kier molecular flexibility index (Phi) is 4.95. The predicted molar refractivity (Wildman–Crippen MR) is 101 cm³/mol. The van der Waals surface area contributed by atoms with Crippen LogP contribution in [0.15, 0.2) is 41.2 Å². The number of nitrogens with zero attached hydrogens (tertiary/aromatic N) is 4. The normalized spacial score (nSPS) is 20.2. The first kappa shape index (κ1) is 18.4. The molecule has 8 heteroatoms. The number of hydrogen-bond donors (Lipinski definition) is 1. The number of aromatic nitrogens is 4. The number of ether oxygens (including phenoxy) is 1. The van der Waals surface area contributed by atoms with Gasteiger partial charge in [-0.2, -0.15) is 10.1 Å². The van der Waals surface area contributed by atoms with Crippen LogP contribution in [0, 0.1) is 19.8 Å². The molecule has 8 nitrogen and oxygen atoms in total. The van der Waals surface area contributed by atoms with Crippen LogP contribution in [-0.4, -0.2) is 32.4 Å². The molecule has 3 heterocycles. The lowest BCUT2D eigenvalue weighted by Crippen LogP contribution is -2.34. The van der Waals surface area contributed by atoms with E-state index in [2.05, 4.69) is 15.5 Å². The van der Waals surface area contributed by atoms with Crippen LogP contribution in [0.5, 0.6) is 0 Å². The summed E-state index contributed by atoms with van der Waals surface area (Å²) < 4.78 is 12.7. The molecule has 1 fully saturated rings. The van der Waals surface area contributed by atoms with Crippen LogP contribution >= 0.6 is 0 Å². The summed E-state index contributed by atoms with van der Waals surface area (Å²) in [6, 6.07) is 9.62. The Labute approximate surface area is 162 Å². The molecule has 1 saturated heterocycles. The van der Waals surface area contributed by atoms with E-state index in [1.807, 2.05) is 55.8 Å². The largest absolute Gasteiger partial charge is 0.373 e. The minimum atomic E-state index is -0.332. The molecule has 2 aromatic heterocycles. The molecule has 0 saturated carbocycles. The van der Waals surface area contributed by atoms with Crippen molar-refractivity contribution in [3.63, 3.8) is 0 Å². The van der Waals surface area contributed by atoms with E-state index in [-0.39, 0.29) is 24.0 Å². The number of carbonyl (C=O) groups is 1. The summed E-state index contributed by atoms with van der Waals surface area (Å²) >= 11 is 0. The maximum atomic E-state index is 12.9. The van der Waals surface area contributed by atoms with Gasteiger partial charge in [0.1, 0.15) is 0 Å². The number of rotatable bonds is 5. The van der Waals surface area contributed by atoms with E-state index in [0.29, 0.717) is 18.9 Å². The van der Waals surface area contributed by atoms with E-state index in [1.165, 1.54) is 6.39 Å². The summed E-state index contributed by atoms with van der Waals surface area (Å²) in [6.07, 6.45) is 1.59. The fraction of sp³-hybridized carbons (Fsp3) is 0.400. The predicted octanol–water partition coefficient (Wildman–Crippen LogP) is 2.83. The highest BCUT2D eigenvalue weighted by atomic mass is 16.5. The van der Waals surface area contributed by atoms with Crippen molar-refractivity contribution in [2.45, 2.75) is 39.3 Å². The van der Waals surface area contributed by atoms with Gasteiger partial charge in [-0.05, 0) is 39.3 Å². The van der Waals surface area contributed by atoms with Crippen molar-refractivity contribution in [3.8, 4) is 5.69 Å². The second kappa shape index (κ2) is 7.55. The SMILES string of the molecule is Cc1nn(-c2ccccc2)c(C)c1[C@H]1OCC[C@@H]1C(=O)N[C@@H](C)c1ncon1. The van der Waals surface area contributed by atoms with Gasteiger partial charge >= 0.3 is 0 Å². The van der Waals surface area contributed by atoms with Crippen molar-refractivity contribution in [1.82, 2.24) is 25.2 Å². The minimum absolute atomic E-state index is 0.0777. The molecule has 0 aliphatic carbocycles. The summed E-state index contributed by atoms with van der Waals surface area (Å²) in [7, 11) is 0. The lowest BCUT2D eigenvalue weighted by Gasteiger charge is -2.20. The number of para-hydroxylation sites is 1. The van der Waals surface area contributed by atoms with Crippen LogP contribution in [0.25, 0.3) is 5.69 Å². The smallest absolute Gasteiger partial charge is 0.226 e. The molecule has 146 valence electrons. The quantitative estimate of drug-likeness (QED) is 0.730. The molecule has 3 atom stereocenters. The molecule has 0 radical (unpaired) electrons. The van der Waals surface area contributed by atoms with Gasteiger partial charge in [0, 0.05) is 17.9 Å². The Morgan fingerprint density at radius 1 is 1.29 bits per heavy atom. The van der Waals surface area contributed by atoms with Crippen LogP contribution < -0.4 is 5.32 Å². The fourth-order valence-corrected chi connectivity index (χ4v) is 3.78. The third-order valence-corrected chi connectivity index (χ3v) is 5.19. The first-order valence-electron chi connectivity index (χ1n) is 9.36. The number of aryl methyl sites for hydroxylation is 1. The second-order valence-corrected chi connectivity index (χ2v) is 7.04. The van der Waals surface area contributed by atoms with E-state index in [4.69, 9.17) is 14.4 Å². The van der Waals surface area contributed by atoms with Gasteiger partial charge < -0.3 is 14.6 Å². The van der Waals surface area contributed by atoms with E-state index in [1.54, 1.807) is 0 Å². The topological polar surface area (TPSA) is 95.1 Å². The molecule has 28 heavy (non-hydrogen) atoms. The van der Waals surface area contributed by atoms with Crippen molar-refractivity contribution in [3.05, 3.63) is 59.5 Å². The zero-order chi connectivity index (χ0) is 19.7. The number of benzene rings is 1.